The van der Waals surface area contributed by atoms with Crippen molar-refractivity contribution in [1.82, 2.24) is 25.1 Å². The number of rotatable bonds is 5. The standard InChI is InChI=1S/C18H26N6O/c1-3-4-12-24-17(20-21-22-24)19-18(25)23-11-7-9-15(13-23)16-10-6-5-8-14(16)2/h5-6,8,10,15H,3-4,7,9,11-13H2,1-2H3,(H,19,20,22,25). The van der Waals surface area contributed by atoms with Crippen LogP contribution < -0.4 is 5.32 Å². The molecule has 1 atom stereocenters. The fraction of sp³-hybridized carbons (Fsp3) is 0.556. The van der Waals surface area contributed by atoms with E-state index in [2.05, 4.69) is 59.0 Å². The summed E-state index contributed by atoms with van der Waals surface area (Å²) in [6.07, 6.45) is 4.15. The Bertz CT molecular complexity index is 713. The Morgan fingerprint density at radius 2 is 2.20 bits per heavy atom. The van der Waals surface area contributed by atoms with Crippen molar-refractivity contribution < 1.29 is 4.79 Å². The minimum Gasteiger partial charge on any atom is -0.324 e. The molecule has 0 saturated carbocycles. The number of nitrogens with one attached hydrogen (secondary N) is 1. The third-order valence-electron chi connectivity index (χ3n) is 4.81. The number of hydrogen-bond acceptors (Lipinski definition) is 4. The summed E-state index contributed by atoms with van der Waals surface area (Å²) in [7, 11) is 0. The van der Waals surface area contributed by atoms with E-state index in [0.717, 1.165) is 38.8 Å². The highest BCUT2D eigenvalue weighted by Gasteiger charge is 2.26. The lowest BCUT2D eigenvalue weighted by Gasteiger charge is -2.33. The lowest BCUT2D eigenvalue weighted by Crippen LogP contribution is -2.42. The summed E-state index contributed by atoms with van der Waals surface area (Å²) >= 11 is 0. The predicted octanol–water partition coefficient (Wildman–Crippen LogP) is 3.19. The monoisotopic (exact) mass is 342 g/mol. The summed E-state index contributed by atoms with van der Waals surface area (Å²) in [6.45, 7) is 6.46. The zero-order chi connectivity index (χ0) is 17.6. The first-order chi connectivity index (χ1) is 12.2. The summed E-state index contributed by atoms with van der Waals surface area (Å²) in [5, 5.41) is 14.4. The minimum atomic E-state index is -0.120. The topological polar surface area (TPSA) is 75.9 Å². The van der Waals surface area contributed by atoms with Crippen LogP contribution in [0.25, 0.3) is 0 Å². The molecule has 1 unspecified atom stereocenters. The second-order valence-corrected chi connectivity index (χ2v) is 6.65. The first kappa shape index (κ1) is 17.4. The summed E-state index contributed by atoms with van der Waals surface area (Å²) in [5.41, 5.74) is 2.63. The van der Waals surface area contributed by atoms with Crippen LogP contribution in [0.1, 0.15) is 49.7 Å². The van der Waals surface area contributed by atoms with Gasteiger partial charge in [-0.15, -0.1) is 0 Å². The number of likely N-dealkylation sites (tertiary alicyclic amines) is 1. The number of piperidine rings is 1. The lowest BCUT2D eigenvalue weighted by atomic mass is 9.88. The molecular weight excluding hydrogens is 316 g/mol. The molecule has 134 valence electrons. The summed E-state index contributed by atoms with van der Waals surface area (Å²) in [5.74, 6) is 0.813. The molecule has 1 saturated heterocycles. The Balaban J connectivity index is 1.64. The van der Waals surface area contributed by atoms with Crippen LogP contribution in [0.15, 0.2) is 24.3 Å². The Hall–Kier alpha value is -2.44. The second kappa shape index (κ2) is 8.09. The number of benzene rings is 1. The fourth-order valence-corrected chi connectivity index (χ4v) is 3.39. The average molecular weight is 342 g/mol. The molecule has 2 amide bonds. The zero-order valence-electron chi connectivity index (χ0n) is 15.0. The fourth-order valence-electron chi connectivity index (χ4n) is 3.39. The van der Waals surface area contributed by atoms with Crippen LogP contribution in [0.5, 0.6) is 0 Å². The average Bonchev–Trinajstić information content (AvgIpc) is 3.07. The van der Waals surface area contributed by atoms with Gasteiger partial charge in [0.1, 0.15) is 0 Å². The van der Waals surface area contributed by atoms with Crippen molar-refractivity contribution in [2.75, 3.05) is 18.4 Å². The van der Waals surface area contributed by atoms with Crippen molar-refractivity contribution in [3.63, 3.8) is 0 Å². The van der Waals surface area contributed by atoms with Crippen molar-refractivity contribution in [1.29, 1.82) is 0 Å². The molecule has 2 heterocycles. The van der Waals surface area contributed by atoms with Gasteiger partial charge >= 0.3 is 6.03 Å². The van der Waals surface area contributed by atoms with E-state index in [1.807, 2.05) is 4.90 Å². The van der Waals surface area contributed by atoms with Crippen molar-refractivity contribution >= 4 is 12.0 Å². The van der Waals surface area contributed by atoms with Gasteiger partial charge in [0.15, 0.2) is 0 Å². The van der Waals surface area contributed by atoms with Crippen LogP contribution in [0.4, 0.5) is 10.7 Å². The molecule has 1 fully saturated rings. The number of tetrazole rings is 1. The van der Waals surface area contributed by atoms with Gasteiger partial charge in [0, 0.05) is 25.6 Å². The number of carbonyl (C=O) groups excluding carboxylic acids is 1. The molecule has 2 aromatic rings. The Morgan fingerprint density at radius 3 is 3.00 bits per heavy atom. The third-order valence-corrected chi connectivity index (χ3v) is 4.81. The van der Waals surface area contributed by atoms with E-state index in [4.69, 9.17) is 0 Å². The van der Waals surface area contributed by atoms with Gasteiger partial charge in [-0.25, -0.2) is 9.48 Å². The van der Waals surface area contributed by atoms with Gasteiger partial charge in [-0.1, -0.05) is 42.7 Å². The predicted molar refractivity (Wildman–Crippen MR) is 96.5 cm³/mol. The number of anilines is 1. The summed E-state index contributed by atoms with van der Waals surface area (Å²) in [4.78, 5) is 14.5. The molecule has 1 aliphatic heterocycles. The molecule has 0 bridgehead atoms. The van der Waals surface area contributed by atoms with Crippen molar-refractivity contribution in [2.45, 2.75) is 52.0 Å². The number of nitrogens with zero attached hydrogens (tertiary/aromatic N) is 5. The Morgan fingerprint density at radius 1 is 1.36 bits per heavy atom. The highest BCUT2D eigenvalue weighted by molar-refractivity contribution is 5.87. The van der Waals surface area contributed by atoms with Gasteiger partial charge in [-0.3, -0.25) is 5.32 Å². The van der Waals surface area contributed by atoms with Crippen molar-refractivity contribution in [3.8, 4) is 0 Å². The minimum absolute atomic E-state index is 0.120. The molecular formula is C18H26N6O. The van der Waals surface area contributed by atoms with Crippen LogP contribution in [0.2, 0.25) is 0 Å². The van der Waals surface area contributed by atoms with Gasteiger partial charge in [0.2, 0.25) is 0 Å². The van der Waals surface area contributed by atoms with Crippen molar-refractivity contribution in [3.05, 3.63) is 35.4 Å². The molecule has 0 radical (unpaired) electrons. The largest absolute Gasteiger partial charge is 0.324 e. The first-order valence-corrected chi connectivity index (χ1v) is 9.06. The van der Waals surface area contributed by atoms with Gasteiger partial charge in [-0.2, -0.15) is 0 Å². The Labute approximate surface area is 148 Å². The number of carbonyl (C=O) groups is 1. The van der Waals surface area contributed by atoms with Gasteiger partial charge in [0.25, 0.3) is 5.95 Å². The molecule has 3 rings (SSSR count). The number of unbranched alkanes of at least 4 members (excludes halogenated alkanes) is 1. The van der Waals surface area contributed by atoms with E-state index in [0.29, 0.717) is 18.4 Å². The molecule has 1 aliphatic rings. The number of aryl methyl sites for hydroxylation is 2. The maximum atomic E-state index is 12.7. The van der Waals surface area contributed by atoms with Crippen LogP contribution in [0, 0.1) is 6.92 Å². The molecule has 1 aromatic heterocycles. The van der Waals surface area contributed by atoms with E-state index in [1.165, 1.54) is 11.1 Å². The lowest BCUT2D eigenvalue weighted by molar-refractivity contribution is 0.192. The molecule has 0 spiro atoms. The van der Waals surface area contributed by atoms with Gasteiger partial charge in [-0.05, 0) is 47.7 Å². The molecule has 0 aliphatic carbocycles. The molecule has 7 nitrogen and oxygen atoms in total. The SMILES string of the molecule is CCCCn1nnnc1NC(=O)N1CCCC(c2ccccc2C)C1. The smallest absolute Gasteiger partial charge is 0.324 e. The quantitative estimate of drug-likeness (QED) is 0.905. The van der Waals surface area contributed by atoms with E-state index in [1.54, 1.807) is 4.68 Å². The van der Waals surface area contributed by atoms with Crippen LogP contribution in [-0.2, 0) is 6.54 Å². The van der Waals surface area contributed by atoms with Crippen molar-refractivity contribution in [2.24, 2.45) is 0 Å². The van der Waals surface area contributed by atoms with E-state index in [-0.39, 0.29) is 6.03 Å². The number of aromatic nitrogens is 4. The molecule has 1 aromatic carbocycles. The molecule has 25 heavy (non-hydrogen) atoms. The second-order valence-electron chi connectivity index (χ2n) is 6.65. The van der Waals surface area contributed by atoms with Crippen LogP contribution >= 0.6 is 0 Å². The van der Waals surface area contributed by atoms with E-state index >= 15 is 0 Å². The summed E-state index contributed by atoms with van der Waals surface area (Å²) < 4.78 is 1.66. The highest BCUT2D eigenvalue weighted by atomic mass is 16.2. The number of hydrogen-bond donors (Lipinski definition) is 1. The Kier molecular flexibility index (Phi) is 5.63. The first-order valence-electron chi connectivity index (χ1n) is 9.06. The van der Waals surface area contributed by atoms with Crippen LogP contribution in [0.3, 0.4) is 0 Å². The third kappa shape index (κ3) is 4.15. The maximum Gasteiger partial charge on any atom is 0.324 e. The van der Waals surface area contributed by atoms with E-state index in [9.17, 15) is 4.79 Å². The summed E-state index contributed by atoms with van der Waals surface area (Å²) in [6, 6.07) is 8.32. The normalized spacial score (nSPS) is 17.5. The molecule has 1 N–H and O–H groups in total. The highest BCUT2D eigenvalue weighted by Crippen LogP contribution is 2.29. The zero-order valence-corrected chi connectivity index (χ0v) is 15.0. The van der Waals surface area contributed by atoms with Gasteiger partial charge < -0.3 is 4.90 Å². The maximum absolute atomic E-state index is 12.7. The van der Waals surface area contributed by atoms with Gasteiger partial charge in [0.05, 0.1) is 0 Å². The number of urea groups is 1. The van der Waals surface area contributed by atoms with Crippen LogP contribution in [-0.4, -0.2) is 44.2 Å². The molecule has 7 heteroatoms. The number of amides is 2. The van der Waals surface area contributed by atoms with E-state index < -0.39 is 0 Å².